The maximum absolute atomic E-state index is 12.3. The molecule has 0 spiro atoms. The normalized spacial score (nSPS) is 16.4. The standard InChI is InChI=1S/C16H27NO9.H2S2/c1-2-3-10(8-20)16(4-6-18,5-7-19)17-15(26)14(25)13(24)12(23)11(22)9-21;1-2/h2,6-7,10-14,20-25H,1,3-5,8-9H2,(H,17,26);1-2H/t10?,11-,12-,13+,14-;/m1./s1. The topological polar surface area (TPSA) is 185 Å². The molecule has 0 aromatic heterocycles. The predicted octanol–water partition coefficient (Wildman–Crippen LogP) is -2.60. The maximum Gasteiger partial charge on any atom is 0.252 e. The van der Waals surface area contributed by atoms with Crippen LogP contribution in [0.5, 0.6) is 0 Å². The van der Waals surface area contributed by atoms with Gasteiger partial charge in [0.05, 0.1) is 12.1 Å². The van der Waals surface area contributed by atoms with Gasteiger partial charge in [0.2, 0.25) is 0 Å². The third-order valence-corrected chi connectivity index (χ3v) is 4.24. The molecule has 0 aliphatic heterocycles. The van der Waals surface area contributed by atoms with E-state index < -0.39 is 55.0 Å². The van der Waals surface area contributed by atoms with E-state index in [0.717, 1.165) is 0 Å². The van der Waals surface area contributed by atoms with Crippen LogP contribution in [0.1, 0.15) is 19.3 Å². The van der Waals surface area contributed by atoms with Crippen LogP contribution in [0.25, 0.3) is 0 Å². The third kappa shape index (κ3) is 8.57. The molecule has 0 aromatic rings. The van der Waals surface area contributed by atoms with Crippen LogP contribution < -0.4 is 5.32 Å². The summed E-state index contributed by atoms with van der Waals surface area (Å²) in [4.78, 5) is 34.4. The molecule has 0 rings (SSSR count). The number of allylic oxidation sites excluding steroid dienone is 1. The molecule has 0 radical (unpaired) electrons. The zero-order valence-electron chi connectivity index (χ0n) is 15.2. The second kappa shape index (κ2) is 15.9. The third-order valence-electron chi connectivity index (χ3n) is 4.24. The largest absolute Gasteiger partial charge is 0.396 e. The summed E-state index contributed by atoms with van der Waals surface area (Å²) in [6.45, 7) is 2.08. The lowest BCUT2D eigenvalue weighted by atomic mass is 9.77. The minimum Gasteiger partial charge on any atom is -0.396 e. The van der Waals surface area contributed by atoms with Gasteiger partial charge in [0.1, 0.15) is 30.9 Å². The number of rotatable bonds is 14. The number of aldehydes is 2. The van der Waals surface area contributed by atoms with E-state index in [1.807, 2.05) is 0 Å². The van der Waals surface area contributed by atoms with Crippen LogP contribution in [0.4, 0.5) is 0 Å². The Bertz CT molecular complexity index is 471. The first-order valence-electron chi connectivity index (χ1n) is 8.18. The molecule has 1 unspecified atom stereocenters. The van der Waals surface area contributed by atoms with E-state index in [1.165, 1.54) is 6.08 Å². The van der Waals surface area contributed by atoms with Gasteiger partial charge < -0.3 is 45.5 Å². The van der Waals surface area contributed by atoms with Gasteiger partial charge in [-0.05, 0) is 6.42 Å². The molecule has 28 heavy (non-hydrogen) atoms. The number of carbonyl (C=O) groups excluding carboxylic acids is 3. The summed E-state index contributed by atoms with van der Waals surface area (Å²) < 4.78 is 0. The van der Waals surface area contributed by atoms with Crippen LogP contribution in [0.2, 0.25) is 0 Å². The van der Waals surface area contributed by atoms with Crippen molar-refractivity contribution in [2.24, 2.45) is 5.92 Å². The molecule has 0 aromatic carbocycles. The van der Waals surface area contributed by atoms with E-state index >= 15 is 0 Å². The number of hydrogen-bond acceptors (Lipinski definition) is 11. The average Bonchev–Trinajstić information content (AvgIpc) is 2.71. The quantitative estimate of drug-likeness (QED) is 0.0601. The van der Waals surface area contributed by atoms with E-state index in [-0.39, 0.29) is 19.3 Å². The van der Waals surface area contributed by atoms with Crippen molar-refractivity contribution < 1.29 is 45.0 Å². The number of aliphatic hydroxyl groups is 6. The average molecular weight is 444 g/mol. The van der Waals surface area contributed by atoms with Gasteiger partial charge in [0, 0.05) is 25.4 Å². The van der Waals surface area contributed by atoms with Crippen LogP contribution in [0.3, 0.4) is 0 Å². The number of thiol groups is 2. The molecular weight excluding hydrogens is 414 g/mol. The summed E-state index contributed by atoms with van der Waals surface area (Å²) in [6.07, 6.45) is -6.48. The Labute approximate surface area is 173 Å². The van der Waals surface area contributed by atoms with Gasteiger partial charge in [-0.1, -0.05) is 6.08 Å². The van der Waals surface area contributed by atoms with E-state index in [4.69, 9.17) is 5.11 Å². The lowest BCUT2D eigenvalue weighted by Crippen LogP contribution is -2.60. The molecule has 0 saturated carbocycles. The van der Waals surface area contributed by atoms with Gasteiger partial charge in [0.25, 0.3) is 5.91 Å². The number of hydrogen-bond donors (Lipinski definition) is 9. The van der Waals surface area contributed by atoms with Crippen LogP contribution in [0.15, 0.2) is 12.7 Å². The fraction of sp³-hybridized carbons (Fsp3) is 0.688. The summed E-state index contributed by atoms with van der Waals surface area (Å²) >= 11 is 6.44. The van der Waals surface area contributed by atoms with Crippen molar-refractivity contribution in [1.29, 1.82) is 0 Å². The second-order valence-electron chi connectivity index (χ2n) is 5.97. The monoisotopic (exact) mass is 443 g/mol. The van der Waals surface area contributed by atoms with Crippen molar-refractivity contribution in [3.63, 3.8) is 0 Å². The molecule has 164 valence electrons. The fourth-order valence-electron chi connectivity index (χ4n) is 2.59. The highest BCUT2D eigenvalue weighted by Gasteiger charge is 2.42. The molecule has 7 N–H and O–H groups in total. The maximum atomic E-state index is 12.3. The molecule has 0 aliphatic rings. The highest BCUT2D eigenvalue weighted by Crippen LogP contribution is 2.28. The van der Waals surface area contributed by atoms with Crippen LogP contribution in [-0.2, 0) is 14.4 Å². The van der Waals surface area contributed by atoms with Gasteiger partial charge >= 0.3 is 0 Å². The summed E-state index contributed by atoms with van der Waals surface area (Å²) in [5, 5.41) is 59.1. The zero-order chi connectivity index (χ0) is 22.3. The van der Waals surface area contributed by atoms with Gasteiger partial charge in [-0.15, -0.1) is 29.9 Å². The molecule has 5 atom stereocenters. The van der Waals surface area contributed by atoms with E-state index in [9.17, 15) is 39.9 Å². The summed E-state index contributed by atoms with van der Waals surface area (Å²) in [6, 6.07) is 0. The number of amides is 1. The zero-order valence-corrected chi connectivity index (χ0v) is 17.0. The van der Waals surface area contributed by atoms with Gasteiger partial charge in [-0.3, -0.25) is 4.79 Å². The van der Waals surface area contributed by atoms with Crippen molar-refractivity contribution in [2.75, 3.05) is 13.2 Å². The van der Waals surface area contributed by atoms with Crippen molar-refractivity contribution in [1.82, 2.24) is 5.32 Å². The second-order valence-corrected chi connectivity index (χ2v) is 5.97. The highest BCUT2D eigenvalue weighted by molar-refractivity contribution is 8.59. The summed E-state index contributed by atoms with van der Waals surface area (Å²) in [5.41, 5.74) is -1.54. The molecule has 0 aliphatic carbocycles. The van der Waals surface area contributed by atoms with Crippen molar-refractivity contribution in [2.45, 2.75) is 49.2 Å². The molecular formula is C16H29NO9S2. The molecule has 12 heteroatoms. The highest BCUT2D eigenvalue weighted by atomic mass is 33.1. The van der Waals surface area contributed by atoms with Crippen molar-refractivity contribution in [3.05, 3.63) is 12.7 Å². The predicted molar refractivity (Wildman–Crippen MR) is 107 cm³/mol. The van der Waals surface area contributed by atoms with E-state index in [0.29, 0.717) is 12.6 Å². The molecule has 0 bridgehead atoms. The number of carbonyl (C=O) groups is 3. The van der Waals surface area contributed by atoms with Gasteiger partial charge in [0.15, 0.2) is 6.10 Å². The molecule has 0 saturated heterocycles. The Morgan fingerprint density at radius 3 is 1.86 bits per heavy atom. The fourth-order valence-corrected chi connectivity index (χ4v) is 2.59. The first kappa shape index (κ1) is 29.2. The lowest BCUT2D eigenvalue weighted by molar-refractivity contribution is -0.151. The lowest BCUT2D eigenvalue weighted by Gasteiger charge is -2.39. The molecule has 10 nitrogen and oxygen atoms in total. The van der Waals surface area contributed by atoms with Gasteiger partial charge in [-0.2, -0.15) is 0 Å². The Morgan fingerprint density at radius 1 is 1.00 bits per heavy atom. The first-order chi connectivity index (χ1) is 13.2. The molecule has 0 fully saturated rings. The van der Waals surface area contributed by atoms with Crippen LogP contribution in [0, 0.1) is 5.92 Å². The number of nitrogens with one attached hydrogen (secondary N) is 1. The molecule has 0 heterocycles. The number of aliphatic hydroxyl groups excluding tert-OH is 6. The van der Waals surface area contributed by atoms with Crippen molar-refractivity contribution >= 4 is 41.8 Å². The van der Waals surface area contributed by atoms with E-state index in [2.05, 4.69) is 35.2 Å². The summed E-state index contributed by atoms with van der Waals surface area (Å²) in [7, 11) is 0. The minimum absolute atomic E-state index is 0.142. The Hall–Kier alpha value is -0.990. The Balaban J connectivity index is 0. The van der Waals surface area contributed by atoms with Gasteiger partial charge in [-0.25, -0.2) is 0 Å². The minimum atomic E-state index is -2.23. The van der Waals surface area contributed by atoms with Crippen LogP contribution >= 0.6 is 23.3 Å². The van der Waals surface area contributed by atoms with Crippen LogP contribution in [-0.4, -0.2) is 92.3 Å². The first-order valence-corrected chi connectivity index (χ1v) is 9.78. The van der Waals surface area contributed by atoms with Crippen molar-refractivity contribution in [3.8, 4) is 0 Å². The van der Waals surface area contributed by atoms with E-state index in [1.54, 1.807) is 0 Å². The SMILES string of the molecule is C=CCC(CO)C(CC=O)(CC=O)NC(=O)[C@H](O)[C@@H](O)[C@H](O)[C@H](O)CO.SS. The smallest absolute Gasteiger partial charge is 0.252 e. The molecule has 1 amide bonds. The Kier molecular flexibility index (Phi) is 16.6. The summed E-state index contributed by atoms with van der Waals surface area (Å²) in [5.74, 6) is -2.01. The Morgan fingerprint density at radius 2 is 1.50 bits per heavy atom.